The number of hydrogen-bond donors (Lipinski definition) is 1. The number of aryl methyl sites for hydroxylation is 1. The summed E-state index contributed by atoms with van der Waals surface area (Å²) in [6, 6.07) is 3.97. The molecule has 1 saturated heterocycles. The molecule has 5 nitrogen and oxygen atoms in total. The first-order valence-corrected chi connectivity index (χ1v) is 7.69. The second-order valence-corrected chi connectivity index (χ2v) is 5.57. The smallest absolute Gasteiger partial charge is 0.254 e. The Hall–Kier alpha value is -1.62. The predicted molar refractivity (Wildman–Crippen MR) is 83.7 cm³/mol. The van der Waals surface area contributed by atoms with Gasteiger partial charge >= 0.3 is 0 Å². The van der Waals surface area contributed by atoms with Crippen molar-refractivity contribution in [3.8, 4) is 0 Å². The second kappa shape index (κ2) is 7.41. The van der Waals surface area contributed by atoms with E-state index in [9.17, 15) is 4.79 Å². The molecule has 1 aliphatic heterocycles. The first kappa shape index (κ1) is 15.8. The molecule has 5 heteroatoms. The van der Waals surface area contributed by atoms with E-state index in [-0.39, 0.29) is 11.9 Å². The van der Waals surface area contributed by atoms with Crippen molar-refractivity contribution < 1.29 is 9.53 Å². The van der Waals surface area contributed by atoms with Gasteiger partial charge in [-0.2, -0.15) is 0 Å². The first-order valence-electron chi connectivity index (χ1n) is 7.69. The lowest BCUT2D eigenvalue weighted by Gasteiger charge is -2.31. The number of anilines is 1. The molecule has 0 saturated carbocycles. The fourth-order valence-corrected chi connectivity index (χ4v) is 2.58. The van der Waals surface area contributed by atoms with Gasteiger partial charge in [-0.05, 0) is 38.3 Å². The van der Waals surface area contributed by atoms with Crippen LogP contribution >= 0.6 is 0 Å². The molecule has 0 bridgehead atoms. The average Bonchev–Trinajstić information content (AvgIpc) is 2.51. The number of carbonyl (C=O) groups excluding carboxylic acids is 1. The largest absolute Gasteiger partial charge is 0.381 e. The van der Waals surface area contributed by atoms with Crippen molar-refractivity contribution in [2.24, 2.45) is 0 Å². The number of hydrogen-bond acceptors (Lipinski definition) is 4. The molecule has 0 aromatic carbocycles. The van der Waals surface area contributed by atoms with E-state index >= 15 is 0 Å². The van der Waals surface area contributed by atoms with E-state index in [1.807, 2.05) is 31.0 Å². The van der Waals surface area contributed by atoms with E-state index in [2.05, 4.69) is 17.2 Å². The van der Waals surface area contributed by atoms with E-state index in [0.29, 0.717) is 5.56 Å². The van der Waals surface area contributed by atoms with Crippen LogP contribution in [0.5, 0.6) is 0 Å². The molecule has 0 radical (unpaired) electrons. The normalized spacial score (nSPS) is 15.8. The van der Waals surface area contributed by atoms with Gasteiger partial charge in [0, 0.05) is 44.1 Å². The van der Waals surface area contributed by atoms with Crippen LogP contribution in [0.1, 0.15) is 42.2 Å². The van der Waals surface area contributed by atoms with Crippen molar-refractivity contribution in [1.29, 1.82) is 0 Å². The van der Waals surface area contributed by atoms with E-state index in [1.165, 1.54) is 0 Å². The second-order valence-electron chi connectivity index (χ2n) is 5.57. The molecule has 1 aliphatic rings. The summed E-state index contributed by atoms with van der Waals surface area (Å²) in [5, 5.41) is 3.25. The molecule has 0 atom stereocenters. The quantitative estimate of drug-likeness (QED) is 0.905. The third kappa shape index (κ3) is 4.17. The zero-order valence-electron chi connectivity index (χ0n) is 13.2. The standard InChI is InChI=1S/C16H25N3O2/c1-4-7-17-15-11-13(10-12(2)18-15)16(20)19(3)14-5-8-21-9-6-14/h10-11,14H,4-9H2,1-3H3,(H,17,18). The Balaban J connectivity index is 2.11. The maximum absolute atomic E-state index is 12.7. The van der Waals surface area contributed by atoms with Gasteiger partial charge in [-0.25, -0.2) is 4.98 Å². The van der Waals surface area contributed by atoms with Crippen LogP contribution in [0.3, 0.4) is 0 Å². The highest BCUT2D eigenvalue weighted by Crippen LogP contribution is 2.18. The van der Waals surface area contributed by atoms with Gasteiger partial charge in [-0.1, -0.05) is 6.92 Å². The Morgan fingerprint density at radius 1 is 1.43 bits per heavy atom. The molecule has 116 valence electrons. The highest BCUT2D eigenvalue weighted by atomic mass is 16.5. The minimum Gasteiger partial charge on any atom is -0.381 e. The summed E-state index contributed by atoms with van der Waals surface area (Å²) in [6.07, 6.45) is 2.85. The van der Waals surface area contributed by atoms with Crippen molar-refractivity contribution in [3.63, 3.8) is 0 Å². The Bertz CT molecular complexity index is 484. The first-order chi connectivity index (χ1) is 10.1. The topological polar surface area (TPSA) is 54.5 Å². The Kier molecular flexibility index (Phi) is 5.56. The van der Waals surface area contributed by atoms with Crippen molar-refractivity contribution in [2.45, 2.75) is 39.2 Å². The van der Waals surface area contributed by atoms with Crippen LogP contribution in [0, 0.1) is 6.92 Å². The van der Waals surface area contributed by atoms with E-state index in [4.69, 9.17) is 4.74 Å². The number of nitrogens with zero attached hydrogens (tertiary/aromatic N) is 2. The van der Waals surface area contributed by atoms with Gasteiger partial charge in [0.2, 0.25) is 0 Å². The lowest BCUT2D eigenvalue weighted by atomic mass is 10.1. The van der Waals surface area contributed by atoms with E-state index < -0.39 is 0 Å². The number of rotatable bonds is 5. The lowest BCUT2D eigenvalue weighted by Crippen LogP contribution is -2.40. The van der Waals surface area contributed by atoms with Crippen LogP contribution in [-0.2, 0) is 4.74 Å². The van der Waals surface area contributed by atoms with Crippen LogP contribution in [0.15, 0.2) is 12.1 Å². The molecule has 1 aromatic rings. The number of ether oxygens (including phenoxy) is 1. The fourth-order valence-electron chi connectivity index (χ4n) is 2.58. The minimum atomic E-state index is 0.0620. The predicted octanol–water partition coefficient (Wildman–Crippen LogP) is 2.46. The summed E-state index contributed by atoms with van der Waals surface area (Å²) >= 11 is 0. The average molecular weight is 291 g/mol. The SMILES string of the molecule is CCCNc1cc(C(=O)N(C)C2CCOCC2)cc(C)n1. The molecular weight excluding hydrogens is 266 g/mol. The number of nitrogens with one attached hydrogen (secondary N) is 1. The molecule has 1 N–H and O–H groups in total. The molecule has 0 aliphatic carbocycles. The lowest BCUT2D eigenvalue weighted by molar-refractivity contribution is 0.0362. The van der Waals surface area contributed by atoms with Crippen molar-refractivity contribution in [1.82, 2.24) is 9.88 Å². The third-order valence-electron chi connectivity index (χ3n) is 3.82. The highest BCUT2D eigenvalue weighted by Gasteiger charge is 2.23. The van der Waals surface area contributed by atoms with Gasteiger partial charge in [-0.3, -0.25) is 4.79 Å². The van der Waals surface area contributed by atoms with Crippen molar-refractivity contribution in [3.05, 3.63) is 23.4 Å². The van der Waals surface area contributed by atoms with Crippen molar-refractivity contribution >= 4 is 11.7 Å². The zero-order chi connectivity index (χ0) is 15.2. The molecular formula is C16H25N3O2. The summed E-state index contributed by atoms with van der Waals surface area (Å²) in [5.41, 5.74) is 1.56. The highest BCUT2D eigenvalue weighted by molar-refractivity contribution is 5.95. The minimum absolute atomic E-state index is 0.0620. The summed E-state index contributed by atoms with van der Waals surface area (Å²) in [6.45, 7) is 6.36. The monoisotopic (exact) mass is 291 g/mol. The Morgan fingerprint density at radius 2 is 2.14 bits per heavy atom. The summed E-state index contributed by atoms with van der Waals surface area (Å²) in [7, 11) is 1.88. The van der Waals surface area contributed by atoms with Crippen LogP contribution in [0.25, 0.3) is 0 Å². The molecule has 2 rings (SSSR count). The molecule has 0 unspecified atom stereocenters. The number of amides is 1. The molecule has 1 fully saturated rings. The van der Waals surface area contributed by atoms with Gasteiger partial charge < -0.3 is 15.0 Å². The van der Waals surface area contributed by atoms with E-state index in [0.717, 1.165) is 50.5 Å². The number of carbonyl (C=O) groups is 1. The van der Waals surface area contributed by atoms with Gasteiger partial charge in [0.15, 0.2) is 0 Å². The van der Waals surface area contributed by atoms with Crippen LogP contribution < -0.4 is 5.32 Å². The maximum Gasteiger partial charge on any atom is 0.254 e. The van der Waals surface area contributed by atoms with Crippen LogP contribution in [-0.4, -0.2) is 48.6 Å². The zero-order valence-corrected chi connectivity index (χ0v) is 13.2. The Labute approximate surface area is 126 Å². The summed E-state index contributed by atoms with van der Waals surface area (Å²) in [5.74, 6) is 0.840. The molecule has 1 amide bonds. The Morgan fingerprint density at radius 3 is 2.81 bits per heavy atom. The summed E-state index contributed by atoms with van der Waals surface area (Å²) < 4.78 is 5.36. The van der Waals surface area contributed by atoms with Gasteiger partial charge in [0.25, 0.3) is 5.91 Å². The van der Waals surface area contributed by atoms with Gasteiger partial charge in [-0.15, -0.1) is 0 Å². The third-order valence-corrected chi connectivity index (χ3v) is 3.82. The van der Waals surface area contributed by atoms with Crippen molar-refractivity contribution in [2.75, 3.05) is 32.1 Å². The molecule has 1 aromatic heterocycles. The van der Waals surface area contributed by atoms with Gasteiger partial charge in [0.05, 0.1) is 0 Å². The van der Waals surface area contributed by atoms with E-state index in [1.54, 1.807) is 0 Å². The number of aromatic nitrogens is 1. The van der Waals surface area contributed by atoms with Gasteiger partial charge in [0.1, 0.15) is 5.82 Å². The summed E-state index contributed by atoms with van der Waals surface area (Å²) in [4.78, 5) is 18.9. The molecule has 0 spiro atoms. The number of pyridine rings is 1. The van der Waals surface area contributed by atoms with Crippen LogP contribution in [0.2, 0.25) is 0 Å². The molecule has 21 heavy (non-hydrogen) atoms. The van der Waals surface area contributed by atoms with Crippen LogP contribution in [0.4, 0.5) is 5.82 Å². The molecule has 2 heterocycles. The fraction of sp³-hybridized carbons (Fsp3) is 0.625. The maximum atomic E-state index is 12.7.